The summed E-state index contributed by atoms with van der Waals surface area (Å²) in [6.07, 6.45) is 4.50. The largest absolute Gasteiger partial charge is 0.396 e. The predicted molar refractivity (Wildman–Crippen MR) is 57.5 cm³/mol. The Hall–Kier alpha value is -0.120. The first kappa shape index (κ1) is 11.4. The first-order chi connectivity index (χ1) is 7.05. The highest BCUT2D eigenvalue weighted by Gasteiger charge is 2.42. The fourth-order valence-electron chi connectivity index (χ4n) is 2.50. The van der Waals surface area contributed by atoms with Crippen molar-refractivity contribution < 1.29 is 14.6 Å². The van der Waals surface area contributed by atoms with Gasteiger partial charge in [0.25, 0.3) is 0 Å². The third kappa shape index (κ3) is 2.52. The number of aliphatic hydroxyl groups excluding tert-OH is 1. The van der Waals surface area contributed by atoms with Crippen LogP contribution in [0.2, 0.25) is 0 Å². The van der Waals surface area contributed by atoms with Gasteiger partial charge in [-0.3, -0.25) is 0 Å². The van der Waals surface area contributed by atoms with Gasteiger partial charge >= 0.3 is 0 Å². The van der Waals surface area contributed by atoms with Gasteiger partial charge in [-0.05, 0) is 45.4 Å². The van der Waals surface area contributed by atoms with Crippen molar-refractivity contribution >= 4 is 0 Å². The van der Waals surface area contributed by atoms with E-state index in [1.807, 2.05) is 13.8 Å². The summed E-state index contributed by atoms with van der Waals surface area (Å²) in [5.41, 5.74) is 0.237. The van der Waals surface area contributed by atoms with Gasteiger partial charge in [0.15, 0.2) is 5.79 Å². The zero-order chi connectivity index (χ0) is 10.9. The maximum atomic E-state index is 9.10. The summed E-state index contributed by atoms with van der Waals surface area (Å²) in [4.78, 5) is 0. The van der Waals surface area contributed by atoms with E-state index in [2.05, 4.69) is 0 Å². The monoisotopic (exact) mass is 214 g/mol. The molecule has 2 rings (SSSR count). The molecular formula is C12H22O3. The molecule has 0 unspecified atom stereocenters. The lowest BCUT2D eigenvalue weighted by molar-refractivity contribution is -0.291. The van der Waals surface area contributed by atoms with E-state index < -0.39 is 5.79 Å². The van der Waals surface area contributed by atoms with Gasteiger partial charge in [0, 0.05) is 12.0 Å². The minimum atomic E-state index is -0.404. The molecule has 1 saturated heterocycles. The molecule has 1 aliphatic heterocycles. The van der Waals surface area contributed by atoms with Crippen molar-refractivity contribution in [2.45, 2.75) is 45.3 Å². The summed E-state index contributed by atoms with van der Waals surface area (Å²) < 4.78 is 11.5. The summed E-state index contributed by atoms with van der Waals surface area (Å²) in [6, 6.07) is 0. The second-order valence-electron chi connectivity index (χ2n) is 5.60. The lowest BCUT2D eigenvalue weighted by Crippen LogP contribution is -2.48. The highest BCUT2D eigenvalue weighted by Crippen LogP contribution is 2.43. The molecule has 0 aromatic carbocycles. The molecule has 1 spiro atoms. The van der Waals surface area contributed by atoms with E-state index >= 15 is 0 Å². The molecule has 1 heterocycles. The second-order valence-corrected chi connectivity index (χ2v) is 5.60. The van der Waals surface area contributed by atoms with E-state index in [1.54, 1.807) is 0 Å². The van der Waals surface area contributed by atoms with Crippen LogP contribution in [0.25, 0.3) is 0 Å². The number of rotatable bonds is 1. The van der Waals surface area contributed by atoms with Crippen LogP contribution in [0.15, 0.2) is 0 Å². The Bertz CT molecular complexity index is 205. The SMILES string of the molecule is CC1(C)OCC2(CCC(CO)CC2)CO1. The Morgan fingerprint density at radius 1 is 1.13 bits per heavy atom. The van der Waals surface area contributed by atoms with Crippen LogP contribution < -0.4 is 0 Å². The van der Waals surface area contributed by atoms with E-state index in [4.69, 9.17) is 14.6 Å². The van der Waals surface area contributed by atoms with E-state index in [1.165, 1.54) is 0 Å². The number of hydrogen-bond donors (Lipinski definition) is 1. The molecule has 0 bridgehead atoms. The van der Waals surface area contributed by atoms with E-state index in [0.29, 0.717) is 12.5 Å². The molecule has 0 radical (unpaired) electrons. The van der Waals surface area contributed by atoms with E-state index in [9.17, 15) is 0 Å². The molecule has 88 valence electrons. The van der Waals surface area contributed by atoms with E-state index in [-0.39, 0.29) is 5.41 Å². The Kier molecular flexibility index (Phi) is 3.06. The van der Waals surface area contributed by atoms with Crippen LogP contribution in [-0.2, 0) is 9.47 Å². The van der Waals surface area contributed by atoms with Gasteiger partial charge in [-0.1, -0.05) is 0 Å². The molecule has 3 nitrogen and oxygen atoms in total. The summed E-state index contributed by atoms with van der Waals surface area (Å²) in [5, 5.41) is 9.10. The quantitative estimate of drug-likeness (QED) is 0.725. The van der Waals surface area contributed by atoms with Gasteiger partial charge in [0.05, 0.1) is 13.2 Å². The van der Waals surface area contributed by atoms with Crippen molar-refractivity contribution in [3.8, 4) is 0 Å². The van der Waals surface area contributed by atoms with Crippen molar-refractivity contribution in [2.24, 2.45) is 11.3 Å². The summed E-state index contributed by atoms with van der Waals surface area (Å²) in [6.45, 7) is 5.91. The Balaban J connectivity index is 1.89. The first-order valence-corrected chi connectivity index (χ1v) is 5.94. The lowest BCUT2D eigenvalue weighted by atomic mass is 9.71. The minimum Gasteiger partial charge on any atom is -0.396 e. The maximum Gasteiger partial charge on any atom is 0.162 e. The third-order valence-corrected chi connectivity index (χ3v) is 3.88. The maximum absolute atomic E-state index is 9.10. The van der Waals surface area contributed by atoms with Crippen LogP contribution in [0.5, 0.6) is 0 Å². The Labute approximate surface area is 91.8 Å². The molecule has 0 aromatic heterocycles. The van der Waals surface area contributed by atoms with Crippen LogP contribution in [0, 0.1) is 11.3 Å². The summed E-state index contributed by atoms with van der Waals surface area (Å²) in [7, 11) is 0. The van der Waals surface area contributed by atoms with Gasteiger partial charge in [0.1, 0.15) is 0 Å². The van der Waals surface area contributed by atoms with Crippen molar-refractivity contribution in [3.63, 3.8) is 0 Å². The molecular weight excluding hydrogens is 192 g/mol. The summed E-state index contributed by atoms with van der Waals surface area (Å²) >= 11 is 0. The average Bonchev–Trinajstić information content (AvgIpc) is 2.24. The fourth-order valence-corrected chi connectivity index (χ4v) is 2.50. The molecule has 0 aromatic rings. The second kappa shape index (κ2) is 4.04. The van der Waals surface area contributed by atoms with Gasteiger partial charge in [0.2, 0.25) is 0 Å². The number of ether oxygens (including phenoxy) is 2. The predicted octanol–water partition coefficient (Wildman–Crippen LogP) is 1.94. The Morgan fingerprint density at radius 3 is 2.13 bits per heavy atom. The number of aliphatic hydroxyl groups is 1. The molecule has 1 saturated carbocycles. The Morgan fingerprint density at radius 2 is 1.67 bits per heavy atom. The first-order valence-electron chi connectivity index (χ1n) is 5.94. The van der Waals surface area contributed by atoms with Gasteiger partial charge in [-0.15, -0.1) is 0 Å². The topological polar surface area (TPSA) is 38.7 Å². The van der Waals surface area contributed by atoms with Crippen LogP contribution in [0.1, 0.15) is 39.5 Å². The average molecular weight is 214 g/mol. The molecule has 1 N–H and O–H groups in total. The molecule has 3 heteroatoms. The zero-order valence-corrected chi connectivity index (χ0v) is 9.79. The van der Waals surface area contributed by atoms with Crippen molar-refractivity contribution in [1.29, 1.82) is 0 Å². The fraction of sp³-hybridized carbons (Fsp3) is 1.00. The van der Waals surface area contributed by atoms with Crippen LogP contribution in [-0.4, -0.2) is 30.7 Å². The van der Waals surface area contributed by atoms with Crippen LogP contribution in [0.4, 0.5) is 0 Å². The molecule has 0 amide bonds. The van der Waals surface area contributed by atoms with Gasteiger partial charge in [-0.2, -0.15) is 0 Å². The molecule has 15 heavy (non-hydrogen) atoms. The molecule has 1 aliphatic carbocycles. The smallest absolute Gasteiger partial charge is 0.162 e. The lowest BCUT2D eigenvalue weighted by Gasteiger charge is -2.46. The van der Waals surface area contributed by atoms with Gasteiger partial charge < -0.3 is 14.6 Å². The van der Waals surface area contributed by atoms with Crippen LogP contribution in [0.3, 0.4) is 0 Å². The van der Waals surface area contributed by atoms with Crippen LogP contribution >= 0.6 is 0 Å². The zero-order valence-electron chi connectivity index (χ0n) is 9.79. The minimum absolute atomic E-state index is 0.237. The normalized spacial score (nSPS) is 30.6. The highest BCUT2D eigenvalue weighted by molar-refractivity contribution is 4.88. The van der Waals surface area contributed by atoms with Crippen molar-refractivity contribution in [3.05, 3.63) is 0 Å². The standard InChI is InChI=1S/C12H22O3/c1-11(2)14-8-12(9-15-11)5-3-10(7-13)4-6-12/h10,13H,3-9H2,1-2H3. The van der Waals surface area contributed by atoms with Crippen molar-refractivity contribution in [1.82, 2.24) is 0 Å². The van der Waals surface area contributed by atoms with E-state index in [0.717, 1.165) is 38.9 Å². The highest BCUT2D eigenvalue weighted by atomic mass is 16.7. The van der Waals surface area contributed by atoms with Gasteiger partial charge in [-0.25, -0.2) is 0 Å². The number of hydrogen-bond acceptors (Lipinski definition) is 3. The van der Waals surface area contributed by atoms with Crippen molar-refractivity contribution in [2.75, 3.05) is 19.8 Å². The molecule has 2 fully saturated rings. The third-order valence-electron chi connectivity index (χ3n) is 3.88. The molecule has 2 aliphatic rings. The summed E-state index contributed by atoms with van der Waals surface area (Å²) in [5.74, 6) is 0.101. The molecule has 0 atom stereocenters.